The molecule has 3 rings (SSSR count). The molecule has 140 valence electrons. The number of benzene rings is 1. The molecule has 0 bridgehead atoms. The number of anilines is 3. The fourth-order valence-corrected chi connectivity index (χ4v) is 3.67. The number of carbonyl (C=O) groups is 1. The van der Waals surface area contributed by atoms with Crippen molar-refractivity contribution in [2.24, 2.45) is 0 Å². The number of hydrogen-bond donors (Lipinski definition) is 2. The topological polar surface area (TPSA) is 70.2 Å². The molecule has 0 radical (unpaired) electrons. The maximum absolute atomic E-state index is 12.7. The van der Waals surface area contributed by atoms with Gasteiger partial charge >= 0.3 is 12.2 Å². The zero-order valence-corrected chi connectivity index (χ0v) is 14.8. The molecule has 0 unspecified atom stereocenters. The number of amides is 2. The number of nitrogens with zero attached hydrogens (tertiary/aromatic N) is 3. The summed E-state index contributed by atoms with van der Waals surface area (Å²) in [5, 5.41) is 13.9. The standard InChI is InChI=1S/C16H18F3N5OS/c1-10-5-2-3-8-24(10)15-23-22-14(26-15)21-13(25)20-12-7-4-6-11(9-12)16(17,18)19/h4,6-7,9-10H,2-3,5,8H2,1H3,(H2,20,21,22,25)/t10-/m1/s1. The van der Waals surface area contributed by atoms with Gasteiger partial charge in [-0.05, 0) is 44.4 Å². The molecule has 26 heavy (non-hydrogen) atoms. The van der Waals surface area contributed by atoms with Gasteiger partial charge in [-0.3, -0.25) is 5.32 Å². The van der Waals surface area contributed by atoms with E-state index in [1.807, 2.05) is 0 Å². The third-order valence-electron chi connectivity index (χ3n) is 4.13. The van der Waals surface area contributed by atoms with E-state index in [2.05, 4.69) is 32.7 Å². The molecule has 1 aliphatic rings. The van der Waals surface area contributed by atoms with Crippen molar-refractivity contribution < 1.29 is 18.0 Å². The van der Waals surface area contributed by atoms with Crippen molar-refractivity contribution in [2.45, 2.75) is 38.4 Å². The van der Waals surface area contributed by atoms with E-state index in [-0.39, 0.29) is 5.69 Å². The Kier molecular flexibility index (Phi) is 5.30. The first-order valence-electron chi connectivity index (χ1n) is 8.18. The Balaban J connectivity index is 1.62. The first-order chi connectivity index (χ1) is 12.3. The van der Waals surface area contributed by atoms with Crippen LogP contribution in [0, 0.1) is 0 Å². The van der Waals surface area contributed by atoms with Gasteiger partial charge in [0.1, 0.15) is 0 Å². The predicted octanol–water partition coefficient (Wildman–Crippen LogP) is 4.58. The molecule has 10 heteroatoms. The van der Waals surface area contributed by atoms with Gasteiger partial charge in [0.15, 0.2) is 0 Å². The molecule has 0 spiro atoms. The van der Waals surface area contributed by atoms with Gasteiger partial charge in [-0.25, -0.2) is 4.79 Å². The van der Waals surface area contributed by atoms with Crippen molar-refractivity contribution in [1.29, 1.82) is 0 Å². The summed E-state index contributed by atoms with van der Waals surface area (Å²) < 4.78 is 38.1. The molecule has 2 aromatic rings. The van der Waals surface area contributed by atoms with Gasteiger partial charge in [-0.2, -0.15) is 13.2 Å². The van der Waals surface area contributed by atoms with E-state index < -0.39 is 17.8 Å². The van der Waals surface area contributed by atoms with Crippen LogP contribution in [0.25, 0.3) is 0 Å². The second-order valence-corrected chi connectivity index (χ2v) is 7.04. The minimum Gasteiger partial charge on any atom is -0.344 e. The first kappa shape index (κ1) is 18.4. The summed E-state index contributed by atoms with van der Waals surface area (Å²) in [6.07, 6.45) is -1.12. The van der Waals surface area contributed by atoms with Crippen molar-refractivity contribution >= 4 is 33.3 Å². The number of piperidine rings is 1. The quantitative estimate of drug-likeness (QED) is 0.811. The minimum absolute atomic E-state index is 0.0479. The predicted molar refractivity (Wildman–Crippen MR) is 94.7 cm³/mol. The summed E-state index contributed by atoms with van der Waals surface area (Å²) >= 11 is 1.24. The molecule has 0 saturated carbocycles. The fourth-order valence-electron chi connectivity index (χ4n) is 2.80. The number of alkyl halides is 3. The second-order valence-electron chi connectivity index (χ2n) is 6.09. The Morgan fingerprint density at radius 1 is 1.27 bits per heavy atom. The number of halogens is 3. The summed E-state index contributed by atoms with van der Waals surface area (Å²) in [6, 6.07) is 4.14. The van der Waals surface area contributed by atoms with Gasteiger partial charge < -0.3 is 10.2 Å². The lowest BCUT2D eigenvalue weighted by Crippen LogP contribution is -2.37. The van der Waals surface area contributed by atoms with E-state index in [1.165, 1.54) is 29.9 Å². The molecular formula is C16H18F3N5OS. The van der Waals surface area contributed by atoms with Gasteiger partial charge in [0.2, 0.25) is 10.3 Å². The Morgan fingerprint density at radius 2 is 2.08 bits per heavy atom. The average Bonchev–Trinajstić information content (AvgIpc) is 3.02. The van der Waals surface area contributed by atoms with E-state index in [0.29, 0.717) is 11.2 Å². The van der Waals surface area contributed by atoms with Gasteiger partial charge in [0.05, 0.1) is 5.56 Å². The van der Waals surface area contributed by atoms with E-state index in [4.69, 9.17) is 0 Å². The molecule has 6 nitrogen and oxygen atoms in total. The van der Waals surface area contributed by atoms with E-state index in [9.17, 15) is 18.0 Å². The second kappa shape index (κ2) is 7.48. The monoisotopic (exact) mass is 385 g/mol. The lowest BCUT2D eigenvalue weighted by Gasteiger charge is -2.32. The zero-order valence-electron chi connectivity index (χ0n) is 14.0. The highest BCUT2D eigenvalue weighted by Crippen LogP contribution is 2.31. The zero-order chi connectivity index (χ0) is 18.7. The number of rotatable bonds is 3. The Bertz CT molecular complexity index is 779. The molecule has 1 atom stereocenters. The molecule has 1 aliphatic heterocycles. The summed E-state index contributed by atoms with van der Waals surface area (Å²) in [5.74, 6) is 0. The van der Waals surface area contributed by atoms with Crippen LogP contribution in [0.4, 0.5) is 33.9 Å². The largest absolute Gasteiger partial charge is 0.416 e. The summed E-state index contributed by atoms with van der Waals surface area (Å²) in [4.78, 5) is 14.2. The highest BCUT2D eigenvalue weighted by molar-refractivity contribution is 7.19. The number of hydrogen-bond acceptors (Lipinski definition) is 5. The number of carbonyl (C=O) groups excluding carboxylic acids is 1. The van der Waals surface area contributed by atoms with Crippen molar-refractivity contribution in [3.8, 4) is 0 Å². The number of urea groups is 1. The van der Waals surface area contributed by atoms with Gasteiger partial charge in [0, 0.05) is 18.3 Å². The van der Waals surface area contributed by atoms with Crippen LogP contribution >= 0.6 is 11.3 Å². The van der Waals surface area contributed by atoms with Crippen LogP contribution in [0.5, 0.6) is 0 Å². The third kappa shape index (κ3) is 4.43. The molecule has 1 fully saturated rings. The smallest absolute Gasteiger partial charge is 0.344 e. The highest BCUT2D eigenvalue weighted by atomic mass is 32.1. The molecule has 1 aromatic heterocycles. The Labute approximate surface area is 152 Å². The van der Waals surface area contributed by atoms with E-state index in [0.717, 1.165) is 36.7 Å². The first-order valence-corrected chi connectivity index (χ1v) is 9.00. The number of nitrogens with one attached hydrogen (secondary N) is 2. The summed E-state index contributed by atoms with van der Waals surface area (Å²) in [7, 11) is 0. The van der Waals surface area contributed by atoms with Crippen molar-refractivity contribution in [2.75, 3.05) is 22.1 Å². The van der Waals surface area contributed by atoms with Crippen LogP contribution in [0.15, 0.2) is 24.3 Å². The summed E-state index contributed by atoms with van der Waals surface area (Å²) in [6.45, 7) is 3.01. The van der Waals surface area contributed by atoms with Gasteiger partial charge in [-0.15, -0.1) is 10.2 Å². The van der Waals surface area contributed by atoms with Gasteiger partial charge in [0.25, 0.3) is 0 Å². The van der Waals surface area contributed by atoms with Gasteiger partial charge in [-0.1, -0.05) is 17.4 Å². The molecule has 2 heterocycles. The Hall–Kier alpha value is -2.36. The van der Waals surface area contributed by atoms with Crippen molar-refractivity contribution in [3.63, 3.8) is 0 Å². The SMILES string of the molecule is C[C@@H]1CCCCN1c1nnc(NC(=O)Nc2cccc(C(F)(F)F)c2)s1. The van der Waals surface area contributed by atoms with Crippen LogP contribution in [0.1, 0.15) is 31.7 Å². The lowest BCUT2D eigenvalue weighted by atomic mass is 10.1. The molecular weight excluding hydrogens is 367 g/mol. The maximum Gasteiger partial charge on any atom is 0.416 e. The van der Waals surface area contributed by atoms with Crippen LogP contribution in [0.3, 0.4) is 0 Å². The summed E-state index contributed by atoms with van der Waals surface area (Å²) in [5.41, 5.74) is -0.778. The average molecular weight is 385 g/mol. The van der Waals surface area contributed by atoms with Crippen LogP contribution < -0.4 is 15.5 Å². The third-order valence-corrected chi connectivity index (χ3v) is 5.01. The molecule has 2 amide bonds. The highest BCUT2D eigenvalue weighted by Gasteiger charge is 2.30. The molecule has 0 aliphatic carbocycles. The number of aromatic nitrogens is 2. The molecule has 1 saturated heterocycles. The minimum atomic E-state index is -4.46. The van der Waals surface area contributed by atoms with Crippen molar-refractivity contribution in [1.82, 2.24) is 10.2 Å². The fraction of sp³-hybridized carbons (Fsp3) is 0.438. The van der Waals surface area contributed by atoms with E-state index >= 15 is 0 Å². The molecule has 2 N–H and O–H groups in total. The van der Waals surface area contributed by atoms with E-state index in [1.54, 1.807) is 0 Å². The van der Waals surface area contributed by atoms with Crippen LogP contribution in [-0.2, 0) is 6.18 Å². The molecule has 1 aromatic carbocycles. The van der Waals surface area contributed by atoms with Crippen LogP contribution in [-0.4, -0.2) is 28.8 Å². The Morgan fingerprint density at radius 3 is 2.81 bits per heavy atom. The maximum atomic E-state index is 12.7. The normalized spacial score (nSPS) is 17.8. The lowest BCUT2D eigenvalue weighted by molar-refractivity contribution is -0.137. The van der Waals surface area contributed by atoms with Crippen molar-refractivity contribution in [3.05, 3.63) is 29.8 Å². The van der Waals surface area contributed by atoms with Crippen LogP contribution in [0.2, 0.25) is 0 Å².